The van der Waals surface area contributed by atoms with Crippen molar-refractivity contribution in [1.29, 1.82) is 0 Å². The molecule has 17 heavy (non-hydrogen) atoms. The zero-order chi connectivity index (χ0) is 13.0. The number of benzene rings is 1. The second-order valence-corrected chi connectivity index (χ2v) is 4.01. The van der Waals surface area contributed by atoms with Crippen molar-refractivity contribution in [3.05, 3.63) is 33.9 Å². The summed E-state index contributed by atoms with van der Waals surface area (Å²) in [6.07, 6.45) is 0.130. The molecule has 1 unspecified atom stereocenters. The van der Waals surface area contributed by atoms with Crippen LogP contribution in [0.25, 0.3) is 0 Å². The number of nitrogens with zero attached hydrogens (tertiary/aromatic N) is 1. The fourth-order valence-electron chi connectivity index (χ4n) is 1.40. The number of hydrogen-bond donors (Lipinski definition) is 2. The SMILES string of the molecule is Cc1ccc([N+](=O)[O-])c(NC(=O)CC(C)N)c1. The first-order chi connectivity index (χ1) is 7.90. The number of carbonyl (C=O) groups excluding carboxylic acids is 1. The van der Waals surface area contributed by atoms with Crippen molar-refractivity contribution in [2.45, 2.75) is 26.3 Å². The summed E-state index contributed by atoms with van der Waals surface area (Å²) >= 11 is 0. The molecular weight excluding hydrogens is 222 g/mol. The van der Waals surface area contributed by atoms with Gasteiger partial charge in [-0.3, -0.25) is 14.9 Å². The molecular formula is C11H15N3O3. The van der Waals surface area contributed by atoms with E-state index in [1.165, 1.54) is 6.07 Å². The Morgan fingerprint density at radius 3 is 2.76 bits per heavy atom. The van der Waals surface area contributed by atoms with Crippen LogP contribution in [-0.4, -0.2) is 16.9 Å². The van der Waals surface area contributed by atoms with Gasteiger partial charge in [-0.2, -0.15) is 0 Å². The van der Waals surface area contributed by atoms with Gasteiger partial charge in [0.25, 0.3) is 5.69 Å². The lowest BCUT2D eigenvalue weighted by atomic mass is 10.2. The van der Waals surface area contributed by atoms with Gasteiger partial charge in [0.15, 0.2) is 0 Å². The minimum absolute atomic E-state index is 0.117. The highest BCUT2D eigenvalue weighted by Gasteiger charge is 2.16. The van der Waals surface area contributed by atoms with Crippen LogP contribution in [-0.2, 0) is 4.79 Å². The number of rotatable bonds is 4. The Bertz CT molecular complexity index is 444. The average Bonchev–Trinajstić information content (AvgIpc) is 2.15. The van der Waals surface area contributed by atoms with E-state index < -0.39 is 4.92 Å². The zero-order valence-electron chi connectivity index (χ0n) is 9.77. The highest BCUT2D eigenvalue weighted by atomic mass is 16.6. The van der Waals surface area contributed by atoms with E-state index in [0.717, 1.165) is 5.56 Å². The largest absolute Gasteiger partial charge is 0.327 e. The summed E-state index contributed by atoms with van der Waals surface area (Å²) in [6, 6.07) is 4.28. The summed E-state index contributed by atoms with van der Waals surface area (Å²) in [5, 5.41) is 13.3. The van der Waals surface area contributed by atoms with Gasteiger partial charge in [0.1, 0.15) is 5.69 Å². The second-order valence-electron chi connectivity index (χ2n) is 4.01. The monoisotopic (exact) mass is 237 g/mol. The van der Waals surface area contributed by atoms with E-state index in [1.54, 1.807) is 26.0 Å². The number of nitro benzene ring substituents is 1. The normalized spacial score (nSPS) is 11.9. The number of carbonyl (C=O) groups is 1. The van der Waals surface area contributed by atoms with Gasteiger partial charge in [0, 0.05) is 18.5 Å². The smallest absolute Gasteiger partial charge is 0.292 e. The molecule has 1 aromatic rings. The molecule has 0 heterocycles. The Morgan fingerprint density at radius 2 is 2.24 bits per heavy atom. The van der Waals surface area contributed by atoms with E-state index in [0.29, 0.717) is 0 Å². The van der Waals surface area contributed by atoms with E-state index in [-0.39, 0.29) is 29.7 Å². The molecule has 0 saturated heterocycles. The third-order valence-corrected chi connectivity index (χ3v) is 2.13. The maximum absolute atomic E-state index is 11.5. The first-order valence-corrected chi connectivity index (χ1v) is 5.20. The van der Waals surface area contributed by atoms with Crippen LogP contribution >= 0.6 is 0 Å². The molecule has 0 spiro atoms. The van der Waals surface area contributed by atoms with Crippen molar-refractivity contribution in [1.82, 2.24) is 0 Å². The van der Waals surface area contributed by atoms with Crippen molar-refractivity contribution in [3.63, 3.8) is 0 Å². The lowest BCUT2D eigenvalue weighted by molar-refractivity contribution is -0.383. The quantitative estimate of drug-likeness (QED) is 0.613. The van der Waals surface area contributed by atoms with Crippen LogP contribution < -0.4 is 11.1 Å². The zero-order valence-corrected chi connectivity index (χ0v) is 9.77. The number of hydrogen-bond acceptors (Lipinski definition) is 4. The minimum atomic E-state index is -0.527. The summed E-state index contributed by atoms with van der Waals surface area (Å²) in [4.78, 5) is 21.7. The molecule has 0 aromatic heterocycles. The number of anilines is 1. The first-order valence-electron chi connectivity index (χ1n) is 5.20. The molecule has 92 valence electrons. The van der Waals surface area contributed by atoms with E-state index >= 15 is 0 Å². The number of nitro groups is 1. The van der Waals surface area contributed by atoms with Gasteiger partial charge < -0.3 is 11.1 Å². The number of aryl methyl sites for hydroxylation is 1. The molecule has 1 atom stereocenters. The van der Waals surface area contributed by atoms with Crippen molar-refractivity contribution in [3.8, 4) is 0 Å². The topological polar surface area (TPSA) is 98.3 Å². The van der Waals surface area contributed by atoms with Gasteiger partial charge in [0.2, 0.25) is 5.91 Å². The van der Waals surface area contributed by atoms with Gasteiger partial charge in [-0.05, 0) is 25.5 Å². The molecule has 0 aliphatic carbocycles. The van der Waals surface area contributed by atoms with E-state index in [4.69, 9.17) is 5.73 Å². The highest BCUT2D eigenvalue weighted by Crippen LogP contribution is 2.25. The maximum atomic E-state index is 11.5. The van der Waals surface area contributed by atoms with Gasteiger partial charge in [0.05, 0.1) is 4.92 Å². The van der Waals surface area contributed by atoms with Gasteiger partial charge in [-0.15, -0.1) is 0 Å². The maximum Gasteiger partial charge on any atom is 0.292 e. The molecule has 0 fully saturated rings. The molecule has 0 radical (unpaired) electrons. The predicted octanol–water partition coefficient (Wildman–Crippen LogP) is 1.58. The number of amides is 1. The molecule has 0 bridgehead atoms. The predicted molar refractivity (Wildman–Crippen MR) is 64.7 cm³/mol. The minimum Gasteiger partial charge on any atom is -0.327 e. The Morgan fingerprint density at radius 1 is 1.59 bits per heavy atom. The van der Waals surface area contributed by atoms with Crippen molar-refractivity contribution in [2.24, 2.45) is 5.73 Å². The molecule has 0 aliphatic heterocycles. The van der Waals surface area contributed by atoms with Crippen molar-refractivity contribution in [2.75, 3.05) is 5.32 Å². The van der Waals surface area contributed by atoms with Gasteiger partial charge in [-0.1, -0.05) is 6.07 Å². The molecule has 6 nitrogen and oxygen atoms in total. The summed E-state index contributed by atoms with van der Waals surface area (Å²) in [5.74, 6) is -0.325. The fourth-order valence-corrected chi connectivity index (χ4v) is 1.40. The third kappa shape index (κ3) is 3.84. The van der Waals surface area contributed by atoms with Crippen LogP contribution in [0.1, 0.15) is 18.9 Å². The summed E-state index contributed by atoms with van der Waals surface area (Å²) in [6.45, 7) is 3.50. The molecule has 0 aliphatic rings. The summed E-state index contributed by atoms with van der Waals surface area (Å²) in [5.41, 5.74) is 6.41. The van der Waals surface area contributed by atoms with Gasteiger partial charge in [-0.25, -0.2) is 0 Å². The van der Waals surface area contributed by atoms with Crippen LogP contribution in [0.15, 0.2) is 18.2 Å². The molecule has 3 N–H and O–H groups in total. The molecule has 1 aromatic carbocycles. The van der Waals surface area contributed by atoms with Gasteiger partial charge >= 0.3 is 0 Å². The van der Waals surface area contributed by atoms with Crippen LogP contribution in [0.5, 0.6) is 0 Å². The second kappa shape index (κ2) is 5.40. The molecule has 1 amide bonds. The van der Waals surface area contributed by atoms with Crippen molar-refractivity contribution < 1.29 is 9.72 Å². The molecule has 6 heteroatoms. The molecule has 0 saturated carbocycles. The Balaban J connectivity index is 2.92. The van der Waals surface area contributed by atoms with Crippen LogP contribution in [0.3, 0.4) is 0 Å². The lowest BCUT2D eigenvalue weighted by Gasteiger charge is -2.08. The molecule has 1 rings (SSSR count). The highest BCUT2D eigenvalue weighted by molar-refractivity contribution is 5.93. The van der Waals surface area contributed by atoms with Crippen molar-refractivity contribution >= 4 is 17.3 Å². The van der Waals surface area contributed by atoms with Crippen LogP contribution in [0.4, 0.5) is 11.4 Å². The third-order valence-electron chi connectivity index (χ3n) is 2.13. The fraction of sp³-hybridized carbons (Fsp3) is 0.364. The Hall–Kier alpha value is -1.95. The number of nitrogens with two attached hydrogens (primary N) is 1. The summed E-state index contributed by atoms with van der Waals surface area (Å²) in [7, 11) is 0. The number of nitrogens with one attached hydrogen (secondary N) is 1. The van der Waals surface area contributed by atoms with E-state index in [2.05, 4.69) is 5.32 Å². The summed E-state index contributed by atoms with van der Waals surface area (Å²) < 4.78 is 0. The average molecular weight is 237 g/mol. The Labute approximate surface area is 99.0 Å². The Kier molecular flexibility index (Phi) is 4.17. The van der Waals surface area contributed by atoms with E-state index in [9.17, 15) is 14.9 Å². The van der Waals surface area contributed by atoms with Crippen LogP contribution in [0, 0.1) is 17.0 Å². The standard InChI is InChI=1S/C11H15N3O3/c1-7-3-4-10(14(16)17)9(5-7)13-11(15)6-8(2)12/h3-5,8H,6,12H2,1-2H3,(H,13,15). The lowest BCUT2D eigenvalue weighted by Crippen LogP contribution is -2.24. The van der Waals surface area contributed by atoms with Crippen LogP contribution in [0.2, 0.25) is 0 Å². The first kappa shape index (κ1) is 13.1. The van der Waals surface area contributed by atoms with E-state index in [1.807, 2.05) is 0 Å².